The average Bonchev–Trinajstić information content (AvgIpc) is 2.47. The molecule has 2 aromatic rings. The van der Waals surface area contributed by atoms with Crippen molar-refractivity contribution in [3.05, 3.63) is 66.0 Å². The van der Waals surface area contributed by atoms with Gasteiger partial charge in [-0.1, -0.05) is 30.3 Å². The molecule has 0 spiro atoms. The lowest BCUT2D eigenvalue weighted by molar-refractivity contribution is -0.199. The van der Waals surface area contributed by atoms with Gasteiger partial charge in [0.25, 0.3) is 0 Å². The fraction of sp³-hybridized carbons (Fsp3) is 0.200. The number of rotatable bonds is 5. The van der Waals surface area contributed by atoms with Crippen molar-refractivity contribution < 1.29 is 31.2 Å². The van der Waals surface area contributed by atoms with Gasteiger partial charge in [0.2, 0.25) is 0 Å². The Bertz CT molecular complexity index is 686. The molecule has 0 aliphatic rings. The van der Waals surface area contributed by atoms with Crippen molar-refractivity contribution in [3.8, 4) is 5.75 Å². The molecule has 0 heterocycles. The molecule has 8 heteroatoms. The molecule has 0 aliphatic carbocycles. The highest BCUT2D eigenvalue weighted by Gasteiger charge is 2.45. The van der Waals surface area contributed by atoms with Crippen molar-refractivity contribution in [2.75, 3.05) is 6.66 Å². The molecule has 0 saturated carbocycles. The first-order valence-electron chi connectivity index (χ1n) is 6.50. The van der Waals surface area contributed by atoms with E-state index in [4.69, 9.17) is 9.05 Å². The minimum absolute atomic E-state index is 0.0498. The van der Waals surface area contributed by atoms with Crippen molar-refractivity contribution in [2.45, 2.75) is 12.3 Å². The van der Waals surface area contributed by atoms with Crippen LogP contribution in [0.4, 0.5) is 17.6 Å². The predicted octanol–water partition coefficient (Wildman–Crippen LogP) is 5.35. The molecule has 3 nitrogen and oxygen atoms in total. The second-order valence-electron chi connectivity index (χ2n) is 4.75. The molecule has 0 saturated heterocycles. The fourth-order valence-corrected chi connectivity index (χ4v) is 3.01. The highest BCUT2D eigenvalue weighted by molar-refractivity contribution is 7.53. The van der Waals surface area contributed by atoms with Crippen molar-refractivity contribution in [1.29, 1.82) is 0 Å². The summed E-state index contributed by atoms with van der Waals surface area (Å²) in [6.45, 7) is 0.929. The molecular formula is C15H13F4O3P. The minimum Gasteiger partial charge on any atom is -0.425 e. The first-order valence-corrected chi connectivity index (χ1v) is 8.49. The van der Waals surface area contributed by atoms with Crippen LogP contribution in [0.1, 0.15) is 11.7 Å². The number of alkyl halides is 3. The number of hydrogen-bond donors (Lipinski definition) is 0. The molecular weight excluding hydrogens is 335 g/mol. The Kier molecular flexibility index (Phi) is 5.12. The third-order valence-electron chi connectivity index (χ3n) is 2.78. The summed E-state index contributed by atoms with van der Waals surface area (Å²) in [4.78, 5) is 0. The fourth-order valence-electron chi connectivity index (χ4n) is 1.84. The van der Waals surface area contributed by atoms with E-state index in [-0.39, 0.29) is 11.3 Å². The van der Waals surface area contributed by atoms with Crippen molar-refractivity contribution in [1.82, 2.24) is 0 Å². The van der Waals surface area contributed by atoms with Gasteiger partial charge in [0.05, 0.1) is 0 Å². The van der Waals surface area contributed by atoms with E-state index in [1.165, 1.54) is 24.3 Å². The molecule has 0 radical (unpaired) electrons. The van der Waals surface area contributed by atoms with Crippen molar-refractivity contribution in [3.63, 3.8) is 0 Å². The van der Waals surface area contributed by atoms with Gasteiger partial charge in [-0.05, 0) is 29.8 Å². The van der Waals surface area contributed by atoms with Crippen molar-refractivity contribution in [2.24, 2.45) is 0 Å². The molecule has 0 N–H and O–H groups in total. The van der Waals surface area contributed by atoms with E-state index in [1.54, 1.807) is 6.07 Å². The van der Waals surface area contributed by atoms with Gasteiger partial charge >= 0.3 is 13.8 Å². The molecule has 124 valence electrons. The maximum atomic E-state index is 13.2. The van der Waals surface area contributed by atoms with Gasteiger partial charge in [-0.2, -0.15) is 13.2 Å². The Morgan fingerprint density at radius 2 is 1.57 bits per heavy atom. The maximum absolute atomic E-state index is 13.2. The van der Waals surface area contributed by atoms with Crippen LogP contribution in [0.3, 0.4) is 0 Å². The summed E-state index contributed by atoms with van der Waals surface area (Å²) in [7, 11) is -4.09. The van der Waals surface area contributed by atoms with Gasteiger partial charge in [-0.15, -0.1) is 0 Å². The molecule has 0 bridgehead atoms. The average molecular weight is 348 g/mol. The molecule has 2 rings (SSSR count). The molecule has 2 atom stereocenters. The van der Waals surface area contributed by atoms with Crippen molar-refractivity contribution >= 4 is 7.60 Å². The third kappa shape index (κ3) is 5.08. The number of benzene rings is 2. The summed E-state index contributed by atoms with van der Waals surface area (Å²) >= 11 is 0. The highest BCUT2D eigenvalue weighted by atomic mass is 31.2. The summed E-state index contributed by atoms with van der Waals surface area (Å²) < 4.78 is 74.3. The normalized spacial score (nSPS) is 15.7. The van der Waals surface area contributed by atoms with Crippen LogP contribution >= 0.6 is 7.60 Å². The van der Waals surface area contributed by atoms with Crippen LogP contribution < -0.4 is 4.52 Å². The smallest absolute Gasteiger partial charge is 0.419 e. The lowest BCUT2D eigenvalue weighted by Crippen LogP contribution is -2.23. The topological polar surface area (TPSA) is 35.5 Å². The van der Waals surface area contributed by atoms with Gasteiger partial charge < -0.3 is 4.52 Å². The minimum atomic E-state index is -4.76. The first kappa shape index (κ1) is 17.5. The summed E-state index contributed by atoms with van der Waals surface area (Å²) in [5, 5.41) is 0. The second kappa shape index (κ2) is 6.72. The molecule has 2 aromatic carbocycles. The lowest BCUT2D eigenvalue weighted by Gasteiger charge is -2.24. The van der Waals surface area contributed by atoms with Gasteiger partial charge in [-0.3, -0.25) is 4.52 Å². The maximum Gasteiger partial charge on any atom is 0.419 e. The summed E-state index contributed by atoms with van der Waals surface area (Å²) in [6.07, 6.45) is -7.15. The Balaban J connectivity index is 2.21. The lowest BCUT2D eigenvalue weighted by atomic mass is 10.1. The molecule has 0 unspecified atom stereocenters. The van der Waals surface area contributed by atoms with Crippen LogP contribution in [0.25, 0.3) is 0 Å². The van der Waals surface area contributed by atoms with E-state index < -0.39 is 25.7 Å². The largest absolute Gasteiger partial charge is 0.425 e. The van der Waals surface area contributed by atoms with Gasteiger partial charge in [0.15, 0.2) is 6.10 Å². The molecule has 0 aromatic heterocycles. The van der Waals surface area contributed by atoms with E-state index in [9.17, 15) is 22.1 Å². The van der Waals surface area contributed by atoms with Crippen LogP contribution in [-0.4, -0.2) is 12.8 Å². The Morgan fingerprint density at radius 1 is 1.00 bits per heavy atom. The quantitative estimate of drug-likeness (QED) is 0.540. The number of hydrogen-bond acceptors (Lipinski definition) is 3. The zero-order valence-electron chi connectivity index (χ0n) is 12.0. The third-order valence-corrected chi connectivity index (χ3v) is 3.92. The van der Waals surface area contributed by atoms with E-state index in [0.29, 0.717) is 0 Å². The van der Waals surface area contributed by atoms with Crippen LogP contribution in [0.5, 0.6) is 5.75 Å². The zero-order valence-corrected chi connectivity index (χ0v) is 12.9. The molecule has 0 amide bonds. The Morgan fingerprint density at radius 3 is 2.09 bits per heavy atom. The highest BCUT2D eigenvalue weighted by Crippen LogP contribution is 2.52. The summed E-state index contributed by atoms with van der Waals surface area (Å²) in [6, 6.07) is 11.2. The summed E-state index contributed by atoms with van der Waals surface area (Å²) in [5.41, 5.74) is -0.190. The Labute approximate surface area is 130 Å². The predicted molar refractivity (Wildman–Crippen MR) is 76.9 cm³/mol. The molecule has 0 fully saturated rings. The standard InChI is InChI=1S/C15H13F4O3P/c1-23(20,21-13-9-7-12(16)8-10-13)22-14(15(17,18)19)11-5-3-2-4-6-11/h2-10,14H,1H3/t14-,23-/m1/s1. The van der Waals surface area contributed by atoms with Crippen LogP contribution in [0.2, 0.25) is 0 Å². The van der Waals surface area contributed by atoms with Crippen LogP contribution in [-0.2, 0) is 9.09 Å². The summed E-state index contributed by atoms with van der Waals surface area (Å²) in [5.74, 6) is -0.604. The Hall–Kier alpha value is -1.85. The zero-order chi connectivity index (χ0) is 17.1. The van der Waals surface area contributed by atoms with Crippen LogP contribution in [0, 0.1) is 5.82 Å². The molecule has 23 heavy (non-hydrogen) atoms. The SMILES string of the molecule is C[P@@](=O)(Oc1ccc(F)cc1)O[C@H](c1ccccc1)C(F)(F)F. The number of halogens is 4. The van der Waals surface area contributed by atoms with E-state index >= 15 is 0 Å². The first-order chi connectivity index (χ1) is 10.7. The monoisotopic (exact) mass is 348 g/mol. The van der Waals surface area contributed by atoms with Gasteiger partial charge in [0, 0.05) is 6.66 Å². The van der Waals surface area contributed by atoms with E-state index in [1.807, 2.05) is 0 Å². The van der Waals surface area contributed by atoms with E-state index in [0.717, 1.165) is 30.9 Å². The van der Waals surface area contributed by atoms with Crippen LogP contribution in [0.15, 0.2) is 54.6 Å². The van der Waals surface area contributed by atoms with E-state index in [2.05, 4.69) is 0 Å². The van der Waals surface area contributed by atoms with Gasteiger partial charge in [0.1, 0.15) is 11.6 Å². The second-order valence-corrected chi connectivity index (χ2v) is 6.69. The van der Waals surface area contributed by atoms with Gasteiger partial charge in [-0.25, -0.2) is 8.96 Å². The molecule has 0 aliphatic heterocycles.